The molecule has 0 fully saturated rings. The van der Waals surface area contributed by atoms with E-state index in [1.165, 1.54) is 4.90 Å². The van der Waals surface area contributed by atoms with Gasteiger partial charge in [0.1, 0.15) is 5.82 Å². The highest BCUT2D eigenvalue weighted by molar-refractivity contribution is 7.98. The van der Waals surface area contributed by atoms with Crippen molar-refractivity contribution < 1.29 is 0 Å². The van der Waals surface area contributed by atoms with Crippen LogP contribution in [0.2, 0.25) is 0 Å². The van der Waals surface area contributed by atoms with Crippen LogP contribution in [-0.2, 0) is 0 Å². The van der Waals surface area contributed by atoms with Gasteiger partial charge in [0, 0.05) is 22.0 Å². The van der Waals surface area contributed by atoms with Crippen LogP contribution in [0, 0.1) is 0 Å². The zero-order chi connectivity index (χ0) is 11.8. The van der Waals surface area contributed by atoms with Crippen molar-refractivity contribution in [2.75, 3.05) is 12.0 Å². The minimum absolute atomic E-state index is 0.740. The van der Waals surface area contributed by atoms with Gasteiger partial charge in [0.25, 0.3) is 0 Å². The molecular formula is C12H11N3S2. The Morgan fingerprint density at radius 1 is 1.29 bits per heavy atom. The van der Waals surface area contributed by atoms with Crippen LogP contribution in [0.25, 0.3) is 16.2 Å². The first kappa shape index (κ1) is 10.7. The number of nitrogens with zero attached hydrogens (tertiary/aromatic N) is 2. The lowest BCUT2D eigenvalue weighted by atomic mass is 10.2. The number of thioether (sulfide) groups is 1. The lowest BCUT2D eigenvalue weighted by molar-refractivity contribution is 1.24. The molecule has 17 heavy (non-hydrogen) atoms. The highest BCUT2D eigenvalue weighted by Gasteiger charge is 2.07. The second-order valence-corrected chi connectivity index (χ2v) is 5.38. The molecule has 5 heteroatoms. The van der Waals surface area contributed by atoms with Gasteiger partial charge < -0.3 is 5.73 Å². The van der Waals surface area contributed by atoms with Crippen LogP contribution < -0.4 is 5.73 Å². The van der Waals surface area contributed by atoms with Crippen molar-refractivity contribution in [2.45, 2.75) is 4.90 Å². The predicted octanol–water partition coefficient (Wildman–Crippen LogP) is 3.37. The topological polar surface area (TPSA) is 43.3 Å². The summed E-state index contributed by atoms with van der Waals surface area (Å²) in [6, 6.07) is 8.40. The van der Waals surface area contributed by atoms with Crippen LogP contribution in [0.1, 0.15) is 0 Å². The number of benzene rings is 1. The Balaban J connectivity index is 2.07. The lowest BCUT2D eigenvalue weighted by Crippen LogP contribution is -1.87. The summed E-state index contributed by atoms with van der Waals surface area (Å²) in [6.45, 7) is 0. The molecule has 0 saturated carbocycles. The summed E-state index contributed by atoms with van der Waals surface area (Å²) in [7, 11) is 0. The van der Waals surface area contributed by atoms with Crippen LogP contribution in [0.5, 0.6) is 0 Å². The fourth-order valence-corrected chi connectivity index (χ4v) is 2.87. The maximum absolute atomic E-state index is 5.84. The molecular weight excluding hydrogens is 250 g/mol. The maximum Gasteiger partial charge on any atom is 0.195 e. The van der Waals surface area contributed by atoms with Gasteiger partial charge in [-0.2, -0.15) is 0 Å². The second kappa shape index (κ2) is 4.09. The van der Waals surface area contributed by atoms with Crippen LogP contribution in [0.4, 0.5) is 5.82 Å². The van der Waals surface area contributed by atoms with Crippen molar-refractivity contribution in [2.24, 2.45) is 0 Å². The molecule has 3 aromatic rings. The molecule has 3 nitrogen and oxygen atoms in total. The molecule has 0 amide bonds. The monoisotopic (exact) mass is 261 g/mol. The first-order chi connectivity index (χ1) is 8.28. The first-order valence-electron chi connectivity index (χ1n) is 5.14. The predicted molar refractivity (Wildman–Crippen MR) is 74.7 cm³/mol. The van der Waals surface area contributed by atoms with E-state index in [0.717, 1.165) is 22.0 Å². The van der Waals surface area contributed by atoms with Crippen LogP contribution in [0.15, 0.2) is 40.7 Å². The van der Waals surface area contributed by atoms with E-state index < -0.39 is 0 Å². The van der Waals surface area contributed by atoms with Crippen LogP contribution in [0.3, 0.4) is 0 Å². The Kier molecular flexibility index (Phi) is 2.57. The third kappa shape index (κ3) is 1.81. The molecule has 0 aliphatic carbocycles. The summed E-state index contributed by atoms with van der Waals surface area (Å²) >= 11 is 3.30. The molecule has 0 aliphatic heterocycles. The zero-order valence-electron chi connectivity index (χ0n) is 9.25. The van der Waals surface area contributed by atoms with Crippen molar-refractivity contribution >= 4 is 33.9 Å². The highest BCUT2D eigenvalue weighted by atomic mass is 32.2. The third-order valence-electron chi connectivity index (χ3n) is 2.62. The number of hydrogen-bond acceptors (Lipinski definition) is 4. The number of rotatable bonds is 2. The van der Waals surface area contributed by atoms with Gasteiger partial charge >= 0.3 is 0 Å². The lowest BCUT2D eigenvalue weighted by Gasteiger charge is -1.98. The van der Waals surface area contributed by atoms with Crippen molar-refractivity contribution in [1.29, 1.82) is 0 Å². The zero-order valence-corrected chi connectivity index (χ0v) is 10.9. The summed E-state index contributed by atoms with van der Waals surface area (Å²) in [4.78, 5) is 6.75. The van der Waals surface area contributed by atoms with Gasteiger partial charge in [0.15, 0.2) is 4.96 Å². The molecule has 1 aromatic carbocycles. The molecule has 0 aliphatic rings. The van der Waals surface area contributed by atoms with E-state index >= 15 is 0 Å². The van der Waals surface area contributed by atoms with Gasteiger partial charge in [-0.3, -0.25) is 4.40 Å². The molecule has 0 atom stereocenters. The molecule has 2 heterocycles. The van der Waals surface area contributed by atoms with E-state index in [4.69, 9.17) is 5.73 Å². The Morgan fingerprint density at radius 2 is 2.06 bits per heavy atom. The second-order valence-electron chi connectivity index (χ2n) is 3.67. The minimum Gasteiger partial charge on any atom is -0.384 e. The molecule has 0 radical (unpaired) electrons. The van der Waals surface area contributed by atoms with E-state index in [0.29, 0.717) is 0 Å². The largest absolute Gasteiger partial charge is 0.384 e. The Bertz CT molecular complexity index is 652. The SMILES string of the molecule is CSc1ccc(-c2cn3c(N)csc3n2)cc1. The Labute approximate surface area is 107 Å². The molecule has 2 aromatic heterocycles. The fourth-order valence-electron chi connectivity index (χ4n) is 1.70. The Hall–Kier alpha value is -1.46. The summed E-state index contributed by atoms with van der Waals surface area (Å²) in [6.07, 6.45) is 4.05. The van der Waals surface area contributed by atoms with Crippen molar-refractivity contribution in [3.05, 3.63) is 35.8 Å². The van der Waals surface area contributed by atoms with Gasteiger partial charge in [-0.25, -0.2) is 4.98 Å². The Morgan fingerprint density at radius 3 is 2.71 bits per heavy atom. The molecule has 0 spiro atoms. The number of fused-ring (bicyclic) bond motifs is 1. The van der Waals surface area contributed by atoms with E-state index in [1.54, 1.807) is 23.1 Å². The van der Waals surface area contributed by atoms with E-state index in [-0.39, 0.29) is 0 Å². The number of anilines is 1. The average Bonchev–Trinajstić information content (AvgIpc) is 2.92. The standard InChI is InChI=1S/C12H11N3S2/c1-16-9-4-2-8(3-5-9)10-6-15-11(13)7-17-12(15)14-10/h2-7H,13H2,1H3. The summed E-state index contributed by atoms with van der Waals surface area (Å²) < 4.78 is 1.92. The average molecular weight is 261 g/mol. The van der Waals surface area contributed by atoms with Gasteiger partial charge in [-0.1, -0.05) is 12.1 Å². The van der Waals surface area contributed by atoms with Gasteiger partial charge in [-0.15, -0.1) is 23.1 Å². The maximum atomic E-state index is 5.84. The number of aromatic nitrogens is 2. The van der Waals surface area contributed by atoms with E-state index in [2.05, 4.69) is 35.5 Å². The molecule has 0 saturated heterocycles. The van der Waals surface area contributed by atoms with Crippen molar-refractivity contribution in [1.82, 2.24) is 9.38 Å². The van der Waals surface area contributed by atoms with Crippen molar-refractivity contribution in [3.8, 4) is 11.3 Å². The molecule has 0 unspecified atom stereocenters. The van der Waals surface area contributed by atoms with Gasteiger partial charge in [-0.05, 0) is 18.4 Å². The number of nitrogen functional groups attached to an aromatic ring is 1. The highest BCUT2D eigenvalue weighted by Crippen LogP contribution is 2.26. The molecule has 0 bridgehead atoms. The number of imidazole rings is 1. The summed E-state index contributed by atoms with van der Waals surface area (Å²) in [5.41, 5.74) is 7.94. The minimum atomic E-state index is 0.740. The van der Waals surface area contributed by atoms with E-state index in [1.807, 2.05) is 16.0 Å². The first-order valence-corrected chi connectivity index (χ1v) is 7.25. The third-order valence-corrected chi connectivity index (χ3v) is 4.22. The quantitative estimate of drug-likeness (QED) is 0.719. The normalized spacial score (nSPS) is 11.1. The molecule has 2 N–H and O–H groups in total. The fraction of sp³-hybridized carbons (Fsp3) is 0.0833. The van der Waals surface area contributed by atoms with Crippen LogP contribution in [-0.4, -0.2) is 15.6 Å². The smallest absolute Gasteiger partial charge is 0.195 e. The molecule has 86 valence electrons. The summed E-state index contributed by atoms with van der Waals surface area (Å²) in [5, 5.41) is 1.91. The van der Waals surface area contributed by atoms with Gasteiger partial charge in [0.2, 0.25) is 0 Å². The van der Waals surface area contributed by atoms with E-state index in [9.17, 15) is 0 Å². The van der Waals surface area contributed by atoms with Crippen molar-refractivity contribution in [3.63, 3.8) is 0 Å². The summed E-state index contributed by atoms with van der Waals surface area (Å²) in [5.74, 6) is 0.740. The molecule has 3 rings (SSSR count). The van der Waals surface area contributed by atoms with Crippen LogP contribution >= 0.6 is 23.1 Å². The van der Waals surface area contributed by atoms with Gasteiger partial charge in [0.05, 0.1) is 5.69 Å². The number of nitrogens with two attached hydrogens (primary N) is 1. The number of hydrogen-bond donors (Lipinski definition) is 1. The number of thiazole rings is 1.